The molecule has 6 heteroatoms. The second kappa shape index (κ2) is 5.13. The fourth-order valence-electron chi connectivity index (χ4n) is 2.11. The van der Waals surface area contributed by atoms with Gasteiger partial charge in [-0.1, -0.05) is 6.07 Å². The monoisotopic (exact) mass is 281 g/mol. The molecule has 1 amide bonds. The SMILES string of the molecule is Cc1ccc(S(=O)C2CCN(C)C2=O)cc1C(=O)O. The highest BCUT2D eigenvalue weighted by Crippen LogP contribution is 2.22. The van der Waals surface area contributed by atoms with E-state index in [1.807, 2.05) is 0 Å². The van der Waals surface area contributed by atoms with Gasteiger partial charge in [0.1, 0.15) is 5.25 Å². The van der Waals surface area contributed by atoms with Gasteiger partial charge in [0.25, 0.3) is 0 Å². The Labute approximate surface area is 113 Å². The summed E-state index contributed by atoms with van der Waals surface area (Å²) in [6, 6.07) is 4.66. The summed E-state index contributed by atoms with van der Waals surface area (Å²) in [4.78, 5) is 24.8. The van der Waals surface area contributed by atoms with Gasteiger partial charge in [0, 0.05) is 18.5 Å². The average molecular weight is 281 g/mol. The number of benzene rings is 1. The molecule has 0 bridgehead atoms. The van der Waals surface area contributed by atoms with Crippen LogP contribution in [0.25, 0.3) is 0 Å². The third-order valence-electron chi connectivity index (χ3n) is 3.31. The predicted octanol–water partition coefficient (Wildman–Crippen LogP) is 1.03. The maximum absolute atomic E-state index is 12.4. The maximum atomic E-state index is 12.4. The number of carbonyl (C=O) groups excluding carboxylic acids is 1. The molecule has 102 valence electrons. The smallest absolute Gasteiger partial charge is 0.335 e. The van der Waals surface area contributed by atoms with Crippen LogP contribution in [0.3, 0.4) is 0 Å². The molecule has 2 rings (SSSR count). The molecule has 5 nitrogen and oxygen atoms in total. The number of nitrogens with zero attached hydrogens (tertiary/aromatic N) is 1. The zero-order valence-corrected chi connectivity index (χ0v) is 11.6. The van der Waals surface area contributed by atoms with Crippen molar-refractivity contribution in [2.75, 3.05) is 13.6 Å². The van der Waals surface area contributed by atoms with E-state index in [-0.39, 0.29) is 11.5 Å². The first kappa shape index (κ1) is 13.7. The molecule has 0 spiro atoms. The first-order chi connectivity index (χ1) is 8.91. The predicted molar refractivity (Wildman–Crippen MR) is 70.6 cm³/mol. The minimum atomic E-state index is -1.50. The molecule has 1 heterocycles. The molecule has 0 radical (unpaired) electrons. The molecular weight excluding hydrogens is 266 g/mol. The summed E-state index contributed by atoms with van der Waals surface area (Å²) in [6.07, 6.45) is 0.540. The second-order valence-corrected chi connectivity index (χ2v) is 6.25. The van der Waals surface area contributed by atoms with E-state index < -0.39 is 22.0 Å². The van der Waals surface area contributed by atoms with Crippen molar-refractivity contribution in [2.45, 2.75) is 23.5 Å². The number of carboxylic acid groups (broad SMARTS) is 1. The van der Waals surface area contributed by atoms with Crippen LogP contribution in [-0.2, 0) is 15.6 Å². The molecule has 1 N–H and O–H groups in total. The molecule has 0 aliphatic carbocycles. The molecule has 1 aromatic carbocycles. The van der Waals surface area contributed by atoms with Gasteiger partial charge in [-0.15, -0.1) is 0 Å². The summed E-state index contributed by atoms with van der Waals surface area (Å²) in [5.74, 6) is -1.19. The van der Waals surface area contributed by atoms with Gasteiger partial charge in [0.15, 0.2) is 0 Å². The number of carbonyl (C=O) groups is 2. The van der Waals surface area contributed by atoms with Gasteiger partial charge in [0.05, 0.1) is 16.4 Å². The summed E-state index contributed by atoms with van der Waals surface area (Å²) in [7, 11) is 0.179. The number of hydrogen-bond acceptors (Lipinski definition) is 3. The van der Waals surface area contributed by atoms with E-state index in [1.165, 1.54) is 6.07 Å². The lowest BCUT2D eigenvalue weighted by Gasteiger charge is -2.11. The lowest BCUT2D eigenvalue weighted by atomic mass is 10.1. The van der Waals surface area contributed by atoms with Crippen molar-refractivity contribution in [3.05, 3.63) is 29.3 Å². The molecule has 1 saturated heterocycles. The Morgan fingerprint density at radius 3 is 2.68 bits per heavy atom. The summed E-state index contributed by atoms with van der Waals surface area (Å²) in [5.41, 5.74) is 0.743. The molecule has 1 aliphatic heterocycles. The van der Waals surface area contributed by atoms with Crippen LogP contribution in [0, 0.1) is 6.92 Å². The Morgan fingerprint density at radius 2 is 2.16 bits per heavy atom. The van der Waals surface area contributed by atoms with E-state index in [1.54, 1.807) is 31.0 Å². The fourth-order valence-corrected chi connectivity index (χ4v) is 3.56. The molecule has 19 heavy (non-hydrogen) atoms. The Kier molecular flexibility index (Phi) is 3.71. The van der Waals surface area contributed by atoms with Crippen molar-refractivity contribution in [3.8, 4) is 0 Å². The Hall–Kier alpha value is -1.69. The third kappa shape index (κ3) is 2.53. The van der Waals surface area contributed by atoms with Crippen LogP contribution in [0.15, 0.2) is 23.1 Å². The van der Waals surface area contributed by atoms with Gasteiger partial charge >= 0.3 is 5.97 Å². The lowest BCUT2D eigenvalue weighted by molar-refractivity contribution is -0.126. The number of carboxylic acids is 1. The van der Waals surface area contributed by atoms with Gasteiger partial charge in [-0.2, -0.15) is 0 Å². The average Bonchev–Trinajstić information content (AvgIpc) is 2.69. The Morgan fingerprint density at radius 1 is 1.47 bits per heavy atom. The van der Waals surface area contributed by atoms with Crippen molar-refractivity contribution in [2.24, 2.45) is 0 Å². The molecule has 1 aromatic rings. The van der Waals surface area contributed by atoms with Crippen LogP contribution in [0.1, 0.15) is 22.3 Å². The van der Waals surface area contributed by atoms with Crippen molar-refractivity contribution in [3.63, 3.8) is 0 Å². The Bertz CT molecular complexity index is 570. The van der Waals surface area contributed by atoms with Crippen molar-refractivity contribution in [1.82, 2.24) is 4.90 Å². The van der Waals surface area contributed by atoms with E-state index in [0.29, 0.717) is 23.4 Å². The molecule has 2 unspecified atom stereocenters. The van der Waals surface area contributed by atoms with Crippen molar-refractivity contribution < 1.29 is 18.9 Å². The second-order valence-electron chi connectivity index (χ2n) is 4.62. The number of aryl methyl sites for hydroxylation is 1. The normalized spacial score (nSPS) is 20.6. The highest BCUT2D eigenvalue weighted by Gasteiger charge is 2.34. The zero-order valence-electron chi connectivity index (χ0n) is 10.8. The molecule has 2 atom stereocenters. The molecule has 1 fully saturated rings. The van der Waals surface area contributed by atoms with E-state index in [0.717, 1.165) is 0 Å². The highest BCUT2D eigenvalue weighted by molar-refractivity contribution is 7.86. The minimum Gasteiger partial charge on any atom is -0.478 e. The van der Waals surface area contributed by atoms with E-state index in [2.05, 4.69) is 0 Å². The van der Waals surface area contributed by atoms with Crippen LogP contribution < -0.4 is 0 Å². The quantitative estimate of drug-likeness (QED) is 0.898. The maximum Gasteiger partial charge on any atom is 0.335 e. The van der Waals surface area contributed by atoms with Crippen LogP contribution in [0.4, 0.5) is 0 Å². The first-order valence-corrected chi connectivity index (χ1v) is 7.12. The van der Waals surface area contributed by atoms with Gasteiger partial charge in [-0.25, -0.2) is 4.79 Å². The number of rotatable bonds is 3. The van der Waals surface area contributed by atoms with Crippen LogP contribution in [0.2, 0.25) is 0 Å². The van der Waals surface area contributed by atoms with Crippen LogP contribution in [0.5, 0.6) is 0 Å². The lowest BCUT2D eigenvalue weighted by Crippen LogP contribution is -2.28. The van der Waals surface area contributed by atoms with Crippen molar-refractivity contribution >= 4 is 22.7 Å². The summed E-state index contributed by atoms with van der Waals surface area (Å²) in [6.45, 7) is 2.28. The fraction of sp³-hybridized carbons (Fsp3) is 0.385. The van der Waals surface area contributed by atoms with Gasteiger partial charge in [-0.05, 0) is 31.0 Å². The summed E-state index contributed by atoms with van der Waals surface area (Å²) >= 11 is 0. The van der Waals surface area contributed by atoms with Crippen LogP contribution >= 0.6 is 0 Å². The largest absolute Gasteiger partial charge is 0.478 e. The highest BCUT2D eigenvalue weighted by atomic mass is 32.2. The first-order valence-electron chi connectivity index (χ1n) is 5.91. The third-order valence-corrected chi connectivity index (χ3v) is 4.98. The summed E-state index contributed by atoms with van der Waals surface area (Å²) in [5, 5.41) is 8.50. The van der Waals surface area contributed by atoms with Crippen LogP contribution in [-0.4, -0.2) is 44.9 Å². The standard InChI is InChI=1S/C13H15NO4S/c1-8-3-4-9(7-10(8)13(16)17)19(18)11-5-6-14(2)12(11)15/h3-4,7,11H,5-6H2,1-2H3,(H,16,17). The minimum absolute atomic E-state index is 0.129. The van der Waals surface area contributed by atoms with Gasteiger partial charge in [-0.3, -0.25) is 9.00 Å². The topological polar surface area (TPSA) is 74.7 Å². The number of aromatic carboxylic acids is 1. The molecule has 0 aromatic heterocycles. The van der Waals surface area contributed by atoms with Gasteiger partial charge < -0.3 is 10.0 Å². The van der Waals surface area contributed by atoms with Crippen molar-refractivity contribution in [1.29, 1.82) is 0 Å². The molecule has 1 aliphatic rings. The Balaban J connectivity index is 2.32. The number of likely N-dealkylation sites (tertiary alicyclic amines) is 1. The van der Waals surface area contributed by atoms with E-state index in [4.69, 9.17) is 5.11 Å². The molecule has 0 saturated carbocycles. The van der Waals surface area contributed by atoms with E-state index in [9.17, 15) is 13.8 Å². The molecular formula is C13H15NO4S. The van der Waals surface area contributed by atoms with E-state index >= 15 is 0 Å². The van der Waals surface area contributed by atoms with Gasteiger partial charge in [0.2, 0.25) is 5.91 Å². The summed E-state index contributed by atoms with van der Waals surface area (Å²) < 4.78 is 12.4. The number of amides is 1. The number of hydrogen-bond donors (Lipinski definition) is 1. The zero-order chi connectivity index (χ0) is 14.2.